The van der Waals surface area contributed by atoms with Crippen LogP contribution < -0.4 is 5.32 Å². The normalized spacial score (nSPS) is 13.0. The number of hydrogen-bond acceptors (Lipinski definition) is 5. The van der Waals surface area contributed by atoms with Gasteiger partial charge in [0.05, 0.1) is 0 Å². The van der Waals surface area contributed by atoms with Crippen molar-refractivity contribution in [3.8, 4) is 17.2 Å². The molecule has 1 aromatic heterocycles. The number of nitriles is 1. The minimum absolute atomic E-state index is 0.0864. The number of carboxylic acid groups (broad SMARTS) is 1. The molecule has 0 bridgehead atoms. The van der Waals surface area contributed by atoms with Crippen LogP contribution in [-0.2, 0) is 16.0 Å². The molecule has 7 heteroatoms. The summed E-state index contributed by atoms with van der Waals surface area (Å²) in [6.45, 7) is 0.127. The van der Waals surface area contributed by atoms with Gasteiger partial charge in [-0.3, -0.25) is 0 Å². The summed E-state index contributed by atoms with van der Waals surface area (Å²) in [5.41, 5.74) is 5.32. The van der Waals surface area contributed by atoms with Gasteiger partial charge in [0.2, 0.25) is 0 Å². The van der Waals surface area contributed by atoms with Gasteiger partial charge in [-0.05, 0) is 52.1 Å². The maximum Gasteiger partial charge on any atom is 0.407 e. The lowest BCUT2D eigenvalue weighted by Crippen LogP contribution is -2.41. The van der Waals surface area contributed by atoms with Gasteiger partial charge >= 0.3 is 12.1 Å². The van der Waals surface area contributed by atoms with Crippen LogP contribution >= 0.6 is 11.3 Å². The monoisotopic (exact) mass is 432 g/mol. The largest absolute Gasteiger partial charge is 0.480 e. The van der Waals surface area contributed by atoms with Crippen LogP contribution in [0.15, 0.2) is 60.0 Å². The van der Waals surface area contributed by atoms with Gasteiger partial charge in [0.15, 0.2) is 0 Å². The van der Waals surface area contributed by atoms with Crippen LogP contribution in [0.25, 0.3) is 11.1 Å². The Hall–Kier alpha value is -3.63. The van der Waals surface area contributed by atoms with Crippen molar-refractivity contribution >= 4 is 23.4 Å². The Morgan fingerprint density at radius 2 is 1.77 bits per heavy atom. The number of alkyl carbamates (subject to hydrolysis) is 1. The zero-order valence-electron chi connectivity index (χ0n) is 16.6. The summed E-state index contributed by atoms with van der Waals surface area (Å²) < 4.78 is 5.44. The fourth-order valence-corrected chi connectivity index (χ4v) is 4.65. The number of carbonyl (C=O) groups is 2. The standard InChI is InChI=1S/C24H20N2O4S/c25-12-16-11-15(14-31-16)9-10-22(23(27)28)26-24(29)30-13-21-19-7-3-1-5-17(19)18-6-2-4-8-20(18)21/h1-8,11,14,21-22H,9-10,13H2,(H,26,29)(H,27,28)/t22-/m0/s1. The molecule has 0 fully saturated rings. The van der Waals surface area contributed by atoms with E-state index in [4.69, 9.17) is 10.00 Å². The van der Waals surface area contributed by atoms with Crippen molar-refractivity contribution in [1.82, 2.24) is 5.32 Å². The first-order valence-corrected chi connectivity index (χ1v) is 10.8. The van der Waals surface area contributed by atoms with Crippen LogP contribution in [0.4, 0.5) is 4.79 Å². The first-order chi connectivity index (χ1) is 15.1. The van der Waals surface area contributed by atoms with E-state index in [1.165, 1.54) is 11.3 Å². The van der Waals surface area contributed by atoms with Crippen molar-refractivity contribution in [3.05, 3.63) is 81.5 Å². The second kappa shape index (κ2) is 9.02. The highest BCUT2D eigenvalue weighted by Gasteiger charge is 2.29. The fraction of sp³-hybridized carbons (Fsp3) is 0.208. The lowest BCUT2D eigenvalue weighted by atomic mass is 9.98. The Kier molecular flexibility index (Phi) is 6.01. The number of ether oxygens (including phenoxy) is 1. The molecule has 0 saturated carbocycles. The summed E-state index contributed by atoms with van der Waals surface area (Å²) in [7, 11) is 0. The molecule has 0 spiro atoms. The molecule has 31 heavy (non-hydrogen) atoms. The highest BCUT2D eigenvalue weighted by atomic mass is 32.1. The quantitative estimate of drug-likeness (QED) is 0.571. The second-order valence-electron chi connectivity index (χ2n) is 7.33. The van der Waals surface area contributed by atoms with E-state index in [0.29, 0.717) is 11.3 Å². The summed E-state index contributed by atoms with van der Waals surface area (Å²) in [5.74, 6) is -1.21. The zero-order chi connectivity index (χ0) is 21.8. The van der Waals surface area contributed by atoms with E-state index < -0.39 is 18.1 Å². The van der Waals surface area contributed by atoms with Crippen molar-refractivity contribution < 1.29 is 19.4 Å². The Labute approximate surface area is 183 Å². The summed E-state index contributed by atoms with van der Waals surface area (Å²) in [4.78, 5) is 24.5. The lowest BCUT2D eigenvalue weighted by Gasteiger charge is -2.17. The van der Waals surface area contributed by atoms with Crippen molar-refractivity contribution in [2.75, 3.05) is 6.61 Å². The van der Waals surface area contributed by atoms with E-state index in [2.05, 4.69) is 23.5 Å². The van der Waals surface area contributed by atoms with Gasteiger partial charge < -0.3 is 15.2 Å². The average molecular weight is 433 g/mol. The number of carbonyl (C=O) groups excluding carboxylic acids is 1. The van der Waals surface area contributed by atoms with Crippen LogP contribution in [0.5, 0.6) is 0 Å². The summed E-state index contributed by atoms with van der Waals surface area (Å²) in [6, 6.07) is 18.8. The third-order valence-corrected chi connectivity index (χ3v) is 6.30. The van der Waals surface area contributed by atoms with Crippen molar-refractivity contribution in [1.29, 1.82) is 5.26 Å². The molecule has 6 nitrogen and oxygen atoms in total. The number of carboxylic acids is 1. The van der Waals surface area contributed by atoms with Crippen molar-refractivity contribution in [3.63, 3.8) is 0 Å². The van der Waals surface area contributed by atoms with Crippen LogP contribution in [-0.4, -0.2) is 29.8 Å². The lowest BCUT2D eigenvalue weighted by molar-refractivity contribution is -0.139. The third-order valence-electron chi connectivity index (χ3n) is 5.42. The van der Waals surface area contributed by atoms with Gasteiger partial charge in [-0.2, -0.15) is 5.26 Å². The van der Waals surface area contributed by atoms with Gasteiger partial charge in [-0.15, -0.1) is 11.3 Å². The number of nitrogens with one attached hydrogen (secondary N) is 1. The van der Waals surface area contributed by atoms with Crippen molar-refractivity contribution in [2.24, 2.45) is 0 Å². The molecule has 2 aromatic carbocycles. The van der Waals surface area contributed by atoms with Crippen molar-refractivity contribution in [2.45, 2.75) is 24.8 Å². The molecule has 1 heterocycles. The van der Waals surface area contributed by atoms with Gasteiger partial charge in [0, 0.05) is 5.92 Å². The Morgan fingerprint density at radius 3 is 2.35 bits per heavy atom. The smallest absolute Gasteiger partial charge is 0.407 e. The molecule has 2 N–H and O–H groups in total. The van der Waals surface area contributed by atoms with Crippen LogP contribution in [0.3, 0.4) is 0 Å². The zero-order valence-corrected chi connectivity index (χ0v) is 17.4. The van der Waals surface area contributed by atoms with E-state index in [0.717, 1.165) is 27.8 Å². The van der Waals surface area contributed by atoms with E-state index in [1.807, 2.05) is 41.8 Å². The number of aliphatic carboxylic acids is 1. The highest BCUT2D eigenvalue weighted by Crippen LogP contribution is 2.44. The third kappa shape index (κ3) is 4.44. The number of rotatable bonds is 7. The number of nitrogens with zero attached hydrogens (tertiary/aromatic N) is 1. The van der Waals surface area contributed by atoms with Gasteiger partial charge in [-0.1, -0.05) is 48.5 Å². The molecule has 1 aliphatic rings. The number of thiophene rings is 1. The summed E-state index contributed by atoms with van der Waals surface area (Å²) >= 11 is 1.31. The van der Waals surface area contributed by atoms with E-state index in [1.54, 1.807) is 6.07 Å². The predicted octanol–water partition coefficient (Wildman–Crippen LogP) is 4.54. The molecule has 1 atom stereocenters. The van der Waals surface area contributed by atoms with Crippen LogP contribution in [0.2, 0.25) is 0 Å². The predicted molar refractivity (Wildman–Crippen MR) is 117 cm³/mol. The molecule has 0 radical (unpaired) electrons. The van der Waals surface area contributed by atoms with Gasteiger partial charge in [-0.25, -0.2) is 9.59 Å². The first-order valence-electron chi connectivity index (χ1n) is 9.88. The Balaban J connectivity index is 1.38. The van der Waals surface area contributed by atoms with Gasteiger partial charge in [0.25, 0.3) is 0 Å². The van der Waals surface area contributed by atoms with E-state index in [9.17, 15) is 14.7 Å². The Bertz CT molecular complexity index is 1120. The minimum Gasteiger partial charge on any atom is -0.480 e. The molecule has 3 aromatic rings. The topological polar surface area (TPSA) is 99.4 Å². The number of hydrogen-bond donors (Lipinski definition) is 2. The van der Waals surface area contributed by atoms with E-state index >= 15 is 0 Å². The van der Waals surface area contributed by atoms with Crippen LogP contribution in [0, 0.1) is 11.3 Å². The number of benzene rings is 2. The molecule has 0 saturated heterocycles. The number of amides is 1. The van der Waals surface area contributed by atoms with E-state index in [-0.39, 0.29) is 18.9 Å². The number of fused-ring (bicyclic) bond motifs is 3. The van der Waals surface area contributed by atoms with Gasteiger partial charge in [0.1, 0.15) is 23.6 Å². The molecule has 0 unspecified atom stereocenters. The molecule has 4 rings (SSSR count). The maximum atomic E-state index is 12.4. The molecule has 1 amide bonds. The minimum atomic E-state index is -1.12. The molecular formula is C24H20N2O4S. The molecule has 156 valence electrons. The highest BCUT2D eigenvalue weighted by molar-refractivity contribution is 7.10. The summed E-state index contributed by atoms with van der Waals surface area (Å²) in [5, 5.41) is 22.7. The maximum absolute atomic E-state index is 12.4. The second-order valence-corrected chi connectivity index (χ2v) is 8.24. The Morgan fingerprint density at radius 1 is 1.13 bits per heavy atom. The fourth-order valence-electron chi connectivity index (χ4n) is 3.92. The van der Waals surface area contributed by atoms with Crippen LogP contribution in [0.1, 0.15) is 33.9 Å². The average Bonchev–Trinajstić information content (AvgIpc) is 3.37. The number of aryl methyl sites for hydroxylation is 1. The summed E-state index contributed by atoms with van der Waals surface area (Å²) in [6.07, 6.45) is -0.0998. The SMILES string of the molecule is N#Cc1cc(CC[C@H](NC(=O)OCC2c3ccccc3-c3ccccc32)C(=O)O)cs1. The first kappa shape index (κ1) is 20.6. The molecule has 0 aliphatic heterocycles. The molecule has 1 aliphatic carbocycles. The molecular weight excluding hydrogens is 412 g/mol.